The average molecular weight is 442 g/mol. The molecule has 2 amide bonds. The number of unbranched alkanes of at least 4 members (excludes halogenated alkanes) is 1. The number of aliphatic carboxylic acids is 1. The molecule has 1 fully saturated rings. The Morgan fingerprint density at radius 1 is 1.13 bits per heavy atom. The Bertz CT molecular complexity index is 1020. The predicted octanol–water partition coefficient (Wildman–Crippen LogP) is 4.74. The summed E-state index contributed by atoms with van der Waals surface area (Å²) in [7, 11) is 1.44. The number of aryl methyl sites for hydroxylation is 1. The maximum Gasteiger partial charge on any atom is 0.341 e. The number of hydrogen-bond donors (Lipinski definition) is 1. The topological polar surface area (TPSA) is 93.1 Å². The van der Waals surface area contributed by atoms with Gasteiger partial charge in [-0.1, -0.05) is 31.5 Å². The molecule has 162 valence electrons. The zero-order valence-electron chi connectivity index (χ0n) is 17.3. The molecular weight excluding hydrogens is 418 g/mol. The van der Waals surface area contributed by atoms with Gasteiger partial charge in [-0.3, -0.25) is 9.59 Å². The van der Waals surface area contributed by atoms with Crippen molar-refractivity contribution < 1.29 is 29.0 Å². The van der Waals surface area contributed by atoms with Gasteiger partial charge in [0, 0.05) is 0 Å². The molecule has 2 aromatic rings. The Morgan fingerprint density at radius 2 is 1.87 bits per heavy atom. The molecule has 1 saturated heterocycles. The number of benzene rings is 2. The number of amides is 2. The van der Waals surface area contributed by atoms with Crippen LogP contribution in [-0.4, -0.2) is 35.9 Å². The Hall–Kier alpha value is -3.26. The van der Waals surface area contributed by atoms with Crippen LogP contribution in [0.25, 0.3) is 6.08 Å². The molecule has 0 aromatic heterocycles. The fourth-order valence-electron chi connectivity index (χ4n) is 3.07. The smallest absolute Gasteiger partial charge is 0.341 e. The summed E-state index contributed by atoms with van der Waals surface area (Å²) < 4.78 is 10.4. The average Bonchev–Trinajstić information content (AvgIpc) is 3.04. The molecule has 1 heterocycles. The molecule has 0 saturated carbocycles. The maximum atomic E-state index is 12.9. The number of carboxylic acids is 1. The first-order valence-corrected chi connectivity index (χ1v) is 10.6. The van der Waals surface area contributed by atoms with Crippen molar-refractivity contribution in [2.24, 2.45) is 0 Å². The zero-order valence-corrected chi connectivity index (χ0v) is 18.1. The van der Waals surface area contributed by atoms with E-state index < -0.39 is 12.6 Å². The molecule has 2 aromatic carbocycles. The Labute approximate surface area is 184 Å². The molecular formula is C23H23NO6S. The van der Waals surface area contributed by atoms with E-state index in [4.69, 9.17) is 14.6 Å². The van der Waals surface area contributed by atoms with E-state index in [1.54, 1.807) is 36.4 Å². The third-order valence-electron chi connectivity index (χ3n) is 4.64. The summed E-state index contributed by atoms with van der Waals surface area (Å²) in [6, 6.07) is 12.3. The van der Waals surface area contributed by atoms with Crippen LogP contribution in [0.2, 0.25) is 0 Å². The highest BCUT2D eigenvalue weighted by Crippen LogP contribution is 2.37. The molecule has 0 unspecified atom stereocenters. The number of anilines is 1. The maximum absolute atomic E-state index is 12.9. The van der Waals surface area contributed by atoms with Crippen molar-refractivity contribution in [2.75, 3.05) is 18.6 Å². The summed E-state index contributed by atoms with van der Waals surface area (Å²) in [6.45, 7) is 1.64. The number of methoxy groups -OCH3 is 1. The van der Waals surface area contributed by atoms with Crippen LogP contribution >= 0.6 is 11.8 Å². The van der Waals surface area contributed by atoms with E-state index in [2.05, 4.69) is 6.92 Å². The Kier molecular flexibility index (Phi) is 7.36. The number of hydrogen-bond acceptors (Lipinski definition) is 6. The summed E-state index contributed by atoms with van der Waals surface area (Å²) in [5, 5.41) is 8.40. The van der Waals surface area contributed by atoms with E-state index in [0.29, 0.717) is 21.9 Å². The molecule has 1 aliphatic rings. The monoisotopic (exact) mass is 441 g/mol. The van der Waals surface area contributed by atoms with Crippen molar-refractivity contribution >= 4 is 40.6 Å². The van der Waals surface area contributed by atoms with Gasteiger partial charge in [0.25, 0.3) is 11.1 Å². The van der Waals surface area contributed by atoms with E-state index in [1.165, 1.54) is 17.6 Å². The minimum atomic E-state index is -1.10. The third kappa shape index (κ3) is 5.46. The standard InChI is InChI=1S/C23H23NO6S/c1-3-4-5-15-6-9-17(10-7-15)24-22(27)20(31-23(24)28)13-16-8-11-18(19(12-16)29-2)30-14-21(25)26/h6-13H,3-5,14H2,1-2H3,(H,25,26)/b20-13+. The summed E-state index contributed by atoms with van der Waals surface area (Å²) in [5.41, 5.74) is 2.34. The van der Waals surface area contributed by atoms with E-state index >= 15 is 0 Å². The lowest BCUT2D eigenvalue weighted by Gasteiger charge is -2.13. The molecule has 1 N–H and O–H groups in total. The van der Waals surface area contributed by atoms with Gasteiger partial charge in [-0.05, 0) is 66.1 Å². The highest BCUT2D eigenvalue weighted by molar-refractivity contribution is 8.19. The van der Waals surface area contributed by atoms with Crippen LogP contribution < -0.4 is 14.4 Å². The van der Waals surface area contributed by atoms with Gasteiger partial charge in [0.15, 0.2) is 18.1 Å². The molecule has 0 aliphatic carbocycles. The number of carbonyl (C=O) groups excluding carboxylic acids is 2. The van der Waals surface area contributed by atoms with Gasteiger partial charge < -0.3 is 14.6 Å². The normalized spacial score (nSPS) is 14.9. The molecule has 3 rings (SSSR count). The number of carboxylic acid groups (broad SMARTS) is 1. The van der Waals surface area contributed by atoms with Gasteiger partial charge in [-0.15, -0.1) is 0 Å². The van der Waals surface area contributed by atoms with E-state index in [-0.39, 0.29) is 16.9 Å². The van der Waals surface area contributed by atoms with Crippen LogP contribution in [0, 0.1) is 0 Å². The summed E-state index contributed by atoms with van der Waals surface area (Å²) in [6.07, 6.45) is 4.76. The lowest BCUT2D eigenvalue weighted by molar-refractivity contribution is -0.139. The second-order valence-corrected chi connectivity index (χ2v) is 7.87. The van der Waals surface area contributed by atoms with Crippen molar-refractivity contribution in [3.8, 4) is 11.5 Å². The summed E-state index contributed by atoms with van der Waals surface area (Å²) >= 11 is 0.870. The molecule has 0 radical (unpaired) electrons. The number of thioether (sulfide) groups is 1. The summed E-state index contributed by atoms with van der Waals surface area (Å²) in [5.74, 6) is -0.880. The Morgan fingerprint density at radius 3 is 2.52 bits per heavy atom. The van der Waals surface area contributed by atoms with Crippen molar-refractivity contribution in [1.82, 2.24) is 0 Å². The van der Waals surface area contributed by atoms with Gasteiger partial charge >= 0.3 is 5.97 Å². The van der Waals surface area contributed by atoms with Gasteiger partial charge in [-0.25, -0.2) is 9.69 Å². The fraction of sp³-hybridized carbons (Fsp3) is 0.261. The lowest BCUT2D eigenvalue weighted by Crippen LogP contribution is -2.27. The molecule has 1 aliphatic heterocycles. The first kappa shape index (κ1) is 22.4. The number of rotatable bonds is 9. The Balaban J connectivity index is 1.79. The third-order valence-corrected chi connectivity index (χ3v) is 5.51. The van der Waals surface area contributed by atoms with Gasteiger partial charge in [0.1, 0.15) is 0 Å². The largest absolute Gasteiger partial charge is 0.493 e. The van der Waals surface area contributed by atoms with Crippen molar-refractivity contribution in [3.63, 3.8) is 0 Å². The number of nitrogens with zero attached hydrogens (tertiary/aromatic N) is 1. The van der Waals surface area contributed by atoms with Gasteiger partial charge in [0.2, 0.25) is 0 Å². The second-order valence-electron chi connectivity index (χ2n) is 6.88. The zero-order chi connectivity index (χ0) is 22.4. The first-order valence-electron chi connectivity index (χ1n) is 9.82. The molecule has 7 nitrogen and oxygen atoms in total. The van der Waals surface area contributed by atoms with E-state index in [0.717, 1.165) is 31.0 Å². The molecule has 0 bridgehead atoms. The number of imide groups is 1. The molecule has 0 spiro atoms. The highest BCUT2D eigenvalue weighted by Gasteiger charge is 2.36. The fourth-order valence-corrected chi connectivity index (χ4v) is 3.91. The van der Waals surface area contributed by atoms with E-state index in [9.17, 15) is 14.4 Å². The first-order chi connectivity index (χ1) is 14.9. The number of carbonyl (C=O) groups is 3. The molecule has 8 heteroatoms. The van der Waals surface area contributed by atoms with Crippen molar-refractivity contribution in [3.05, 3.63) is 58.5 Å². The number of ether oxygens (including phenoxy) is 2. The van der Waals surface area contributed by atoms with Crippen LogP contribution in [0.4, 0.5) is 10.5 Å². The lowest BCUT2D eigenvalue weighted by atomic mass is 10.1. The van der Waals surface area contributed by atoms with Gasteiger partial charge in [0.05, 0.1) is 17.7 Å². The highest BCUT2D eigenvalue weighted by atomic mass is 32.2. The second kappa shape index (κ2) is 10.2. The molecule has 0 atom stereocenters. The van der Waals surface area contributed by atoms with Crippen LogP contribution in [0.3, 0.4) is 0 Å². The minimum Gasteiger partial charge on any atom is -0.493 e. The van der Waals surface area contributed by atoms with Crippen LogP contribution in [0.5, 0.6) is 11.5 Å². The van der Waals surface area contributed by atoms with Crippen LogP contribution in [-0.2, 0) is 16.0 Å². The van der Waals surface area contributed by atoms with Gasteiger partial charge in [-0.2, -0.15) is 0 Å². The molecule has 31 heavy (non-hydrogen) atoms. The summed E-state index contributed by atoms with van der Waals surface area (Å²) in [4.78, 5) is 37.5. The van der Waals surface area contributed by atoms with Crippen LogP contribution in [0.1, 0.15) is 30.9 Å². The minimum absolute atomic E-state index is 0.276. The SMILES string of the molecule is CCCCc1ccc(N2C(=O)S/C(=C/c3ccc(OCC(=O)O)c(OC)c3)C2=O)cc1. The van der Waals surface area contributed by atoms with Crippen LogP contribution in [0.15, 0.2) is 47.4 Å². The predicted molar refractivity (Wildman–Crippen MR) is 120 cm³/mol. The quantitative estimate of drug-likeness (QED) is 0.562. The van der Waals surface area contributed by atoms with E-state index in [1.807, 2.05) is 12.1 Å². The van der Waals surface area contributed by atoms with Crippen molar-refractivity contribution in [1.29, 1.82) is 0 Å². The van der Waals surface area contributed by atoms with Crippen molar-refractivity contribution in [2.45, 2.75) is 26.2 Å².